The van der Waals surface area contributed by atoms with Gasteiger partial charge in [0.25, 0.3) is 0 Å². The molecule has 1 unspecified atom stereocenters. The van der Waals surface area contributed by atoms with Crippen molar-refractivity contribution in [3.05, 3.63) is 35.4 Å². The lowest BCUT2D eigenvalue weighted by molar-refractivity contribution is -0.00887. The van der Waals surface area contributed by atoms with Crippen molar-refractivity contribution >= 4 is 0 Å². The summed E-state index contributed by atoms with van der Waals surface area (Å²) in [6.45, 7) is 11.1. The van der Waals surface area contributed by atoms with Gasteiger partial charge in [-0.3, -0.25) is 4.90 Å². The number of hydrogen-bond donors (Lipinski definition) is 1. The number of ether oxygens (including phenoxy) is 1. The van der Waals surface area contributed by atoms with Crippen LogP contribution in [0.3, 0.4) is 0 Å². The number of likely N-dealkylation sites (N-methyl/N-ethyl adjacent to an activating group) is 1. The van der Waals surface area contributed by atoms with Crippen LogP contribution >= 0.6 is 0 Å². The van der Waals surface area contributed by atoms with E-state index in [0.717, 1.165) is 13.1 Å². The largest absolute Gasteiger partial charge is 0.389 e. The van der Waals surface area contributed by atoms with Gasteiger partial charge in [-0.05, 0) is 38.4 Å². The second kappa shape index (κ2) is 8.31. The molecule has 0 heterocycles. The van der Waals surface area contributed by atoms with E-state index in [-0.39, 0.29) is 6.10 Å². The zero-order valence-electron chi connectivity index (χ0n) is 12.6. The first-order valence-corrected chi connectivity index (χ1v) is 7.09. The Morgan fingerprint density at radius 2 is 1.95 bits per heavy atom. The molecule has 1 atom stereocenters. The molecule has 0 saturated carbocycles. The Kier molecular flexibility index (Phi) is 7.06. The van der Waals surface area contributed by atoms with Crippen molar-refractivity contribution in [2.75, 3.05) is 19.7 Å². The van der Waals surface area contributed by atoms with Crippen LogP contribution in [0.1, 0.15) is 31.9 Å². The molecule has 0 spiro atoms. The van der Waals surface area contributed by atoms with Gasteiger partial charge in [0.05, 0.1) is 18.8 Å². The van der Waals surface area contributed by atoms with Gasteiger partial charge in [-0.1, -0.05) is 31.2 Å². The van der Waals surface area contributed by atoms with Crippen LogP contribution in [0, 0.1) is 6.92 Å². The molecule has 3 nitrogen and oxygen atoms in total. The van der Waals surface area contributed by atoms with Crippen molar-refractivity contribution < 1.29 is 9.84 Å². The molecule has 3 heteroatoms. The van der Waals surface area contributed by atoms with Gasteiger partial charge in [-0.15, -0.1) is 0 Å². The molecule has 0 aliphatic carbocycles. The van der Waals surface area contributed by atoms with E-state index in [9.17, 15) is 5.11 Å². The minimum Gasteiger partial charge on any atom is -0.389 e. The van der Waals surface area contributed by atoms with Gasteiger partial charge >= 0.3 is 0 Å². The average molecular weight is 265 g/mol. The second-order valence-electron chi connectivity index (χ2n) is 5.29. The fraction of sp³-hybridized carbons (Fsp3) is 0.625. The van der Waals surface area contributed by atoms with Crippen LogP contribution in [0.15, 0.2) is 24.3 Å². The number of aryl methyl sites for hydroxylation is 1. The Hall–Kier alpha value is -0.900. The molecule has 0 amide bonds. The van der Waals surface area contributed by atoms with E-state index in [2.05, 4.69) is 43.0 Å². The molecule has 1 aromatic carbocycles. The monoisotopic (exact) mass is 265 g/mol. The molecule has 0 aliphatic heterocycles. The van der Waals surface area contributed by atoms with Crippen LogP contribution in [0.25, 0.3) is 0 Å². The van der Waals surface area contributed by atoms with Gasteiger partial charge in [0.1, 0.15) is 0 Å². The maximum atomic E-state index is 9.98. The Morgan fingerprint density at radius 1 is 1.26 bits per heavy atom. The van der Waals surface area contributed by atoms with Crippen LogP contribution in [0.5, 0.6) is 0 Å². The minimum atomic E-state index is -0.425. The highest BCUT2D eigenvalue weighted by Crippen LogP contribution is 2.10. The summed E-state index contributed by atoms with van der Waals surface area (Å²) >= 11 is 0. The molecule has 0 radical (unpaired) electrons. The van der Waals surface area contributed by atoms with Crippen molar-refractivity contribution in [2.45, 2.75) is 46.4 Å². The number of aliphatic hydroxyl groups is 1. The summed E-state index contributed by atoms with van der Waals surface area (Å²) in [6, 6.07) is 8.39. The molecule has 0 saturated heterocycles. The number of benzene rings is 1. The van der Waals surface area contributed by atoms with Crippen LogP contribution in [-0.4, -0.2) is 41.9 Å². The van der Waals surface area contributed by atoms with Gasteiger partial charge in [0, 0.05) is 13.1 Å². The third kappa shape index (κ3) is 6.19. The highest BCUT2D eigenvalue weighted by molar-refractivity contribution is 5.25. The van der Waals surface area contributed by atoms with Gasteiger partial charge in [0.15, 0.2) is 0 Å². The number of rotatable bonds is 8. The third-order valence-corrected chi connectivity index (χ3v) is 3.19. The SMILES string of the molecule is CCN(Cc1ccccc1C)CC(O)COC(C)C. The molecule has 1 N–H and O–H groups in total. The van der Waals surface area contributed by atoms with Gasteiger partial charge in [-0.2, -0.15) is 0 Å². The van der Waals surface area contributed by atoms with E-state index in [1.165, 1.54) is 11.1 Å². The number of aliphatic hydroxyl groups excluding tert-OH is 1. The first-order valence-electron chi connectivity index (χ1n) is 7.09. The lowest BCUT2D eigenvalue weighted by Crippen LogP contribution is -2.35. The van der Waals surface area contributed by atoms with E-state index in [1.807, 2.05) is 13.8 Å². The molecule has 108 valence electrons. The van der Waals surface area contributed by atoms with Crippen molar-refractivity contribution in [1.29, 1.82) is 0 Å². The highest BCUT2D eigenvalue weighted by Gasteiger charge is 2.12. The number of hydrogen-bond acceptors (Lipinski definition) is 3. The quantitative estimate of drug-likeness (QED) is 0.784. The Bertz CT molecular complexity index is 366. The number of nitrogens with zero attached hydrogens (tertiary/aromatic N) is 1. The van der Waals surface area contributed by atoms with Crippen molar-refractivity contribution in [2.24, 2.45) is 0 Å². The van der Waals surface area contributed by atoms with Crippen LogP contribution in [0.4, 0.5) is 0 Å². The van der Waals surface area contributed by atoms with Crippen LogP contribution in [-0.2, 0) is 11.3 Å². The van der Waals surface area contributed by atoms with E-state index < -0.39 is 6.10 Å². The molecule has 0 aromatic heterocycles. The van der Waals surface area contributed by atoms with Crippen molar-refractivity contribution in [1.82, 2.24) is 4.90 Å². The summed E-state index contributed by atoms with van der Waals surface area (Å²) in [5.41, 5.74) is 2.62. The first kappa shape index (κ1) is 16.2. The maximum absolute atomic E-state index is 9.98. The molecule has 0 fully saturated rings. The molecule has 19 heavy (non-hydrogen) atoms. The lowest BCUT2D eigenvalue weighted by atomic mass is 10.1. The molecule has 0 bridgehead atoms. The Labute approximate surface area is 117 Å². The first-order chi connectivity index (χ1) is 9.02. The summed E-state index contributed by atoms with van der Waals surface area (Å²) in [5, 5.41) is 9.98. The van der Waals surface area contributed by atoms with E-state index >= 15 is 0 Å². The summed E-state index contributed by atoms with van der Waals surface area (Å²) in [6.07, 6.45) is -0.257. The summed E-state index contributed by atoms with van der Waals surface area (Å²) in [5.74, 6) is 0. The molecular formula is C16H27NO2. The summed E-state index contributed by atoms with van der Waals surface area (Å²) in [4.78, 5) is 2.25. The smallest absolute Gasteiger partial charge is 0.0900 e. The predicted octanol–water partition coefficient (Wildman–Crippen LogP) is 2.60. The molecule has 0 aliphatic rings. The normalized spacial score (nSPS) is 13.2. The van der Waals surface area contributed by atoms with E-state index in [4.69, 9.17) is 4.74 Å². The van der Waals surface area contributed by atoms with Gasteiger partial charge in [-0.25, -0.2) is 0 Å². The highest BCUT2D eigenvalue weighted by atomic mass is 16.5. The van der Waals surface area contributed by atoms with E-state index in [1.54, 1.807) is 0 Å². The minimum absolute atomic E-state index is 0.168. The van der Waals surface area contributed by atoms with Crippen molar-refractivity contribution in [3.8, 4) is 0 Å². The van der Waals surface area contributed by atoms with E-state index in [0.29, 0.717) is 13.2 Å². The Morgan fingerprint density at radius 3 is 2.53 bits per heavy atom. The fourth-order valence-electron chi connectivity index (χ4n) is 1.99. The maximum Gasteiger partial charge on any atom is 0.0900 e. The van der Waals surface area contributed by atoms with Crippen molar-refractivity contribution in [3.63, 3.8) is 0 Å². The third-order valence-electron chi connectivity index (χ3n) is 3.19. The average Bonchev–Trinajstić information content (AvgIpc) is 2.38. The fourth-order valence-corrected chi connectivity index (χ4v) is 1.99. The molecule has 1 rings (SSSR count). The Balaban J connectivity index is 2.47. The predicted molar refractivity (Wildman–Crippen MR) is 79.2 cm³/mol. The summed E-state index contributed by atoms with van der Waals surface area (Å²) < 4.78 is 5.45. The zero-order chi connectivity index (χ0) is 14.3. The van der Waals surface area contributed by atoms with Gasteiger partial charge in [0.2, 0.25) is 0 Å². The second-order valence-corrected chi connectivity index (χ2v) is 5.29. The zero-order valence-corrected chi connectivity index (χ0v) is 12.6. The topological polar surface area (TPSA) is 32.7 Å². The lowest BCUT2D eigenvalue weighted by Gasteiger charge is -2.24. The molecule has 1 aromatic rings. The standard InChI is InChI=1S/C16H27NO2/c1-5-17(11-16(18)12-19-13(2)3)10-15-9-7-6-8-14(15)4/h6-9,13,16,18H,5,10-12H2,1-4H3. The van der Waals surface area contributed by atoms with Gasteiger partial charge < -0.3 is 9.84 Å². The molecular weight excluding hydrogens is 238 g/mol. The van der Waals surface area contributed by atoms with Crippen LogP contribution in [0.2, 0.25) is 0 Å². The van der Waals surface area contributed by atoms with Crippen LogP contribution < -0.4 is 0 Å². The summed E-state index contributed by atoms with van der Waals surface area (Å²) in [7, 11) is 0.